The highest BCUT2D eigenvalue weighted by Crippen LogP contribution is 2.60. The van der Waals surface area contributed by atoms with Crippen molar-refractivity contribution < 1.29 is 34.4 Å². The lowest BCUT2D eigenvalue weighted by Gasteiger charge is -2.58. The fourth-order valence-corrected chi connectivity index (χ4v) is 9.39. The maximum Gasteiger partial charge on any atom is 0.247 e. The molecule has 4 N–H and O–H groups in total. The van der Waals surface area contributed by atoms with Crippen LogP contribution in [0, 0.1) is 26.7 Å². The molecule has 0 radical (unpaired) electrons. The predicted octanol–water partition coefficient (Wildman–Crippen LogP) is 3.94. The van der Waals surface area contributed by atoms with Crippen LogP contribution in [0.15, 0.2) is 23.8 Å². The molecule has 1 aromatic rings. The molecule has 3 atom stereocenters. The van der Waals surface area contributed by atoms with Gasteiger partial charge in [0.2, 0.25) is 11.8 Å². The first-order chi connectivity index (χ1) is 20.7. The Hall–Kier alpha value is -1.89. The van der Waals surface area contributed by atoms with Crippen molar-refractivity contribution in [3.05, 3.63) is 32.9 Å². The second kappa shape index (κ2) is 14.0. The molecule has 5 aliphatic rings. The standard InChI is InChI=1S/C33H47IN2O7/c1-3-4-5-29(39)36(19-33-15-20-8-21(16-33)10-22(9-20)17-33)26-13-24(32(41)35-6-7-37)14-27(30(26)40)43-31-25(34)11-23(18-38)12-28(31)42-2/h11-12,14,20-22,26-27,30,37-38,40H,3-10,13,15-19H2,1-2H3,(H,35,41). The van der Waals surface area contributed by atoms with Crippen LogP contribution in [0.3, 0.4) is 0 Å². The molecule has 0 spiro atoms. The van der Waals surface area contributed by atoms with Gasteiger partial charge in [0, 0.05) is 31.5 Å². The second-order valence-corrected chi connectivity index (χ2v) is 14.5. The highest BCUT2D eigenvalue weighted by molar-refractivity contribution is 14.1. The summed E-state index contributed by atoms with van der Waals surface area (Å²) in [6.45, 7) is 2.43. The molecule has 4 saturated carbocycles. The van der Waals surface area contributed by atoms with E-state index in [-0.39, 0.29) is 43.4 Å². The van der Waals surface area contributed by atoms with Crippen LogP contribution in [-0.4, -0.2) is 77.1 Å². The van der Waals surface area contributed by atoms with Gasteiger partial charge in [-0.2, -0.15) is 0 Å². The number of methoxy groups -OCH3 is 1. The third-order valence-corrected chi connectivity index (χ3v) is 10.9. The molecule has 1 aromatic carbocycles. The number of carbonyl (C=O) groups excluding carboxylic acids is 2. The zero-order valence-electron chi connectivity index (χ0n) is 25.4. The Bertz CT molecular complexity index is 1170. The van der Waals surface area contributed by atoms with Crippen molar-refractivity contribution in [1.82, 2.24) is 10.2 Å². The van der Waals surface area contributed by atoms with Crippen molar-refractivity contribution in [2.45, 2.75) is 96.0 Å². The Morgan fingerprint density at radius 2 is 1.79 bits per heavy atom. The molecule has 3 unspecified atom stereocenters. The lowest BCUT2D eigenvalue weighted by Crippen LogP contribution is -2.59. The molecule has 4 fully saturated rings. The van der Waals surface area contributed by atoms with Gasteiger partial charge in [-0.05, 0) is 114 Å². The number of aliphatic hydroxyl groups excluding tert-OH is 3. The van der Waals surface area contributed by atoms with Gasteiger partial charge in [-0.25, -0.2) is 0 Å². The van der Waals surface area contributed by atoms with E-state index in [2.05, 4.69) is 34.8 Å². The molecule has 9 nitrogen and oxygen atoms in total. The summed E-state index contributed by atoms with van der Waals surface area (Å²) in [5.41, 5.74) is 1.15. The van der Waals surface area contributed by atoms with E-state index in [9.17, 15) is 24.9 Å². The number of benzene rings is 1. The SMILES string of the molecule is CCCCC(=O)N(CC12CC3CC(CC(C3)C1)C2)C1CC(C(=O)NCCO)=CC(Oc2c(I)cc(CO)cc2OC)C1O. The Balaban J connectivity index is 1.49. The van der Waals surface area contributed by atoms with E-state index in [1.807, 2.05) is 4.90 Å². The molecule has 4 bridgehead atoms. The van der Waals surface area contributed by atoms with E-state index in [1.165, 1.54) is 26.4 Å². The smallest absolute Gasteiger partial charge is 0.247 e. The average molecular weight is 711 g/mol. The number of carbonyl (C=O) groups is 2. The van der Waals surface area contributed by atoms with Crippen molar-refractivity contribution in [3.8, 4) is 11.5 Å². The van der Waals surface area contributed by atoms with E-state index in [0.717, 1.165) is 49.9 Å². The Morgan fingerprint density at radius 1 is 1.12 bits per heavy atom. The summed E-state index contributed by atoms with van der Waals surface area (Å²) in [5, 5.41) is 33.7. The number of aliphatic hydroxyl groups is 3. The number of nitrogens with zero attached hydrogens (tertiary/aromatic N) is 1. The maximum atomic E-state index is 14.0. The van der Waals surface area contributed by atoms with Gasteiger partial charge in [0.05, 0.1) is 29.9 Å². The fraction of sp³-hybridized carbons (Fsp3) is 0.697. The summed E-state index contributed by atoms with van der Waals surface area (Å²) in [7, 11) is 1.52. The van der Waals surface area contributed by atoms with Crippen LogP contribution < -0.4 is 14.8 Å². The van der Waals surface area contributed by atoms with E-state index >= 15 is 0 Å². The molecule has 10 heteroatoms. The number of halogens is 1. The van der Waals surface area contributed by atoms with Gasteiger partial charge in [0.25, 0.3) is 0 Å². The zero-order valence-corrected chi connectivity index (χ0v) is 27.6. The molecule has 0 saturated heterocycles. The minimum Gasteiger partial charge on any atom is -0.493 e. The van der Waals surface area contributed by atoms with Crippen LogP contribution in [0.4, 0.5) is 0 Å². The van der Waals surface area contributed by atoms with Gasteiger partial charge in [0.15, 0.2) is 11.5 Å². The third-order valence-electron chi connectivity index (χ3n) is 10.1. The zero-order chi connectivity index (χ0) is 30.7. The lowest BCUT2D eigenvalue weighted by molar-refractivity contribution is -0.147. The van der Waals surface area contributed by atoms with E-state index in [4.69, 9.17) is 9.47 Å². The number of hydrogen-bond donors (Lipinski definition) is 4. The molecule has 6 rings (SSSR count). The summed E-state index contributed by atoms with van der Waals surface area (Å²) in [5.74, 6) is 2.67. The van der Waals surface area contributed by atoms with Crippen LogP contribution in [0.5, 0.6) is 11.5 Å². The van der Waals surface area contributed by atoms with Crippen molar-refractivity contribution in [2.24, 2.45) is 23.2 Å². The van der Waals surface area contributed by atoms with E-state index in [0.29, 0.717) is 39.2 Å². The number of amides is 2. The molecular weight excluding hydrogens is 663 g/mol. The molecule has 0 aliphatic heterocycles. The molecular formula is C33H47IN2O7. The van der Waals surface area contributed by atoms with Crippen LogP contribution >= 0.6 is 22.6 Å². The molecule has 238 valence electrons. The topological polar surface area (TPSA) is 129 Å². The second-order valence-electron chi connectivity index (χ2n) is 13.3. The van der Waals surface area contributed by atoms with Crippen molar-refractivity contribution in [1.29, 1.82) is 0 Å². The van der Waals surface area contributed by atoms with Crippen LogP contribution in [0.2, 0.25) is 0 Å². The maximum absolute atomic E-state index is 14.0. The Kier molecular flexibility index (Phi) is 10.6. The quantitative estimate of drug-likeness (QED) is 0.229. The van der Waals surface area contributed by atoms with E-state index < -0.39 is 18.2 Å². The first kappa shape index (κ1) is 32.5. The first-order valence-electron chi connectivity index (χ1n) is 15.9. The van der Waals surface area contributed by atoms with Crippen molar-refractivity contribution in [3.63, 3.8) is 0 Å². The summed E-state index contributed by atoms with van der Waals surface area (Å²) in [6.07, 6.45) is 9.22. The minimum atomic E-state index is -1.08. The minimum absolute atomic E-state index is 0.0249. The highest BCUT2D eigenvalue weighted by Gasteiger charge is 2.53. The summed E-state index contributed by atoms with van der Waals surface area (Å²) in [6, 6.07) is 2.84. The molecule has 5 aliphatic carbocycles. The number of ether oxygens (including phenoxy) is 2. The van der Waals surface area contributed by atoms with Gasteiger partial charge in [0.1, 0.15) is 12.2 Å². The summed E-state index contributed by atoms with van der Waals surface area (Å²) in [4.78, 5) is 29.2. The van der Waals surface area contributed by atoms with Crippen LogP contribution in [0.1, 0.15) is 76.7 Å². The van der Waals surface area contributed by atoms with Gasteiger partial charge < -0.3 is 35.0 Å². The van der Waals surface area contributed by atoms with Gasteiger partial charge >= 0.3 is 0 Å². The normalized spacial score (nSPS) is 31.0. The molecule has 43 heavy (non-hydrogen) atoms. The number of rotatable bonds is 13. The van der Waals surface area contributed by atoms with Crippen molar-refractivity contribution >= 4 is 34.4 Å². The Morgan fingerprint density at radius 3 is 2.37 bits per heavy atom. The average Bonchev–Trinajstić information content (AvgIpc) is 2.98. The van der Waals surface area contributed by atoms with Gasteiger partial charge in [-0.1, -0.05) is 13.3 Å². The lowest BCUT2D eigenvalue weighted by atomic mass is 9.49. The first-order valence-corrected chi connectivity index (χ1v) is 17.0. The van der Waals surface area contributed by atoms with Gasteiger partial charge in [-0.3, -0.25) is 9.59 Å². The molecule has 2 amide bonds. The third kappa shape index (κ3) is 7.17. The Labute approximate surface area is 268 Å². The number of nitrogens with one attached hydrogen (secondary N) is 1. The predicted molar refractivity (Wildman–Crippen MR) is 170 cm³/mol. The monoisotopic (exact) mass is 710 g/mol. The van der Waals surface area contributed by atoms with Crippen molar-refractivity contribution in [2.75, 3.05) is 26.8 Å². The number of hydrogen-bond acceptors (Lipinski definition) is 7. The summed E-state index contributed by atoms with van der Waals surface area (Å²) >= 11 is 2.11. The van der Waals surface area contributed by atoms with E-state index in [1.54, 1.807) is 18.2 Å². The molecule has 0 aromatic heterocycles. The van der Waals surface area contributed by atoms with Crippen LogP contribution in [0.25, 0.3) is 0 Å². The highest BCUT2D eigenvalue weighted by atomic mass is 127. The van der Waals surface area contributed by atoms with Gasteiger partial charge in [-0.15, -0.1) is 0 Å². The fourth-order valence-electron chi connectivity index (χ4n) is 8.60. The summed E-state index contributed by atoms with van der Waals surface area (Å²) < 4.78 is 12.7. The van der Waals surface area contributed by atoms with Crippen LogP contribution in [-0.2, 0) is 16.2 Å². The largest absolute Gasteiger partial charge is 0.493 e. The molecule has 0 heterocycles. The number of unbranched alkanes of at least 4 members (excludes halogenated alkanes) is 1.